The van der Waals surface area contributed by atoms with Crippen molar-refractivity contribution in [2.45, 2.75) is 0 Å². The van der Waals surface area contributed by atoms with Crippen molar-refractivity contribution in [3.63, 3.8) is 0 Å². The Balaban J connectivity index is 2.34. The van der Waals surface area contributed by atoms with Gasteiger partial charge in [0.25, 0.3) is 5.91 Å². The number of hydrogen-bond donors (Lipinski definition) is 1. The van der Waals surface area contributed by atoms with Gasteiger partial charge in [0.15, 0.2) is 0 Å². The van der Waals surface area contributed by atoms with E-state index >= 15 is 0 Å². The van der Waals surface area contributed by atoms with E-state index in [4.69, 9.17) is 27.9 Å². The van der Waals surface area contributed by atoms with Crippen LogP contribution < -0.4 is 10.1 Å². The third kappa shape index (κ3) is 3.56. The molecule has 0 aromatic heterocycles. The molecule has 1 amide bonds. The Morgan fingerprint density at radius 1 is 1.25 bits per heavy atom. The highest BCUT2D eigenvalue weighted by Gasteiger charge is 2.17. The second kappa shape index (κ2) is 6.65. The number of benzene rings is 2. The minimum absolute atomic E-state index is 0.295. The number of halogens is 3. The van der Waals surface area contributed by atoms with Crippen LogP contribution in [-0.2, 0) is 0 Å². The first-order valence-corrected chi connectivity index (χ1v) is 7.44. The van der Waals surface area contributed by atoms with Crippen LogP contribution >= 0.6 is 45.8 Å². The lowest BCUT2D eigenvalue weighted by molar-refractivity contribution is 0.102. The number of ether oxygens (including phenoxy) is 1. The van der Waals surface area contributed by atoms with Crippen molar-refractivity contribution in [3.8, 4) is 5.75 Å². The van der Waals surface area contributed by atoms with Crippen LogP contribution in [0.25, 0.3) is 0 Å². The maximum Gasteiger partial charge on any atom is 0.259 e. The first-order valence-electron chi connectivity index (χ1n) is 5.61. The van der Waals surface area contributed by atoms with E-state index < -0.39 is 0 Å². The number of carbonyl (C=O) groups is 1. The molecule has 0 radical (unpaired) electrons. The maximum absolute atomic E-state index is 12.3. The lowest BCUT2D eigenvalue weighted by atomic mass is 10.1. The molecule has 0 aliphatic rings. The predicted molar refractivity (Wildman–Crippen MR) is 90.1 cm³/mol. The Hall–Kier alpha value is -0.980. The van der Waals surface area contributed by atoms with Crippen LogP contribution in [0.15, 0.2) is 36.4 Å². The molecule has 0 atom stereocenters. The summed E-state index contributed by atoms with van der Waals surface area (Å²) in [6.07, 6.45) is 0. The summed E-state index contributed by atoms with van der Waals surface area (Å²) in [5.74, 6) is -0.0209. The quantitative estimate of drug-likeness (QED) is 0.718. The molecule has 0 aliphatic carbocycles. The third-order valence-corrected chi connectivity index (χ3v) is 3.71. The molecule has 104 valence electrons. The average molecular weight is 422 g/mol. The van der Waals surface area contributed by atoms with E-state index in [1.54, 1.807) is 6.07 Å². The van der Waals surface area contributed by atoms with Gasteiger partial charge in [-0.3, -0.25) is 4.79 Å². The molecule has 20 heavy (non-hydrogen) atoms. The molecule has 6 heteroatoms. The fourth-order valence-electron chi connectivity index (χ4n) is 1.70. The predicted octanol–water partition coefficient (Wildman–Crippen LogP) is 4.86. The van der Waals surface area contributed by atoms with Crippen LogP contribution in [-0.4, -0.2) is 13.0 Å². The molecule has 2 aromatic rings. The topological polar surface area (TPSA) is 38.3 Å². The summed E-state index contributed by atoms with van der Waals surface area (Å²) in [7, 11) is 1.46. The third-order valence-electron chi connectivity index (χ3n) is 2.54. The highest BCUT2D eigenvalue weighted by Crippen LogP contribution is 2.32. The zero-order valence-electron chi connectivity index (χ0n) is 10.4. The van der Waals surface area contributed by atoms with Gasteiger partial charge in [0.05, 0.1) is 17.7 Å². The van der Waals surface area contributed by atoms with Crippen molar-refractivity contribution in [1.29, 1.82) is 0 Å². The largest absolute Gasteiger partial charge is 0.494 e. The van der Waals surface area contributed by atoms with Gasteiger partial charge in [-0.25, -0.2) is 0 Å². The number of methoxy groups -OCH3 is 1. The monoisotopic (exact) mass is 421 g/mol. The Labute approximate surface area is 140 Å². The summed E-state index contributed by atoms with van der Waals surface area (Å²) in [4.78, 5) is 12.3. The number of rotatable bonds is 3. The van der Waals surface area contributed by atoms with Gasteiger partial charge >= 0.3 is 0 Å². The Morgan fingerprint density at radius 2 is 2.00 bits per heavy atom. The number of hydrogen-bond acceptors (Lipinski definition) is 2. The fourth-order valence-corrected chi connectivity index (χ4v) is 2.81. The second-order valence-corrected chi connectivity index (χ2v) is 6.02. The van der Waals surface area contributed by atoms with Gasteiger partial charge in [-0.2, -0.15) is 0 Å². The summed E-state index contributed by atoms with van der Waals surface area (Å²) in [5.41, 5.74) is 0.990. The molecule has 0 heterocycles. The molecule has 3 nitrogen and oxygen atoms in total. The van der Waals surface area contributed by atoms with Crippen molar-refractivity contribution in [3.05, 3.63) is 55.6 Å². The summed E-state index contributed by atoms with van der Waals surface area (Å²) in [6, 6.07) is 10.5. The van der Waals surface area contributed by atoms with E-state index in [-0.39, 0.29) is 5.91 Å². The maximum atomic E-state index is 12.3. The van der Waals surface area contributed by atoms with Crippen molar-refractivity contribution in [2.75, 3.05) is 12.4 Å². The molecule has 1 N–H and O–H groups in total. The Bertz CT molecular complexity index is 662. The number of carbonyl (C=O) groups excluding carboxylic acids is 1. The van der Waals surface area contributed by atoms with Gasteiger partial charge in [-0.1, -0.05) is 29.3 Å². The highest BCUT2D eigenvalue weighted by atomic mass is 127. The van der Waals surface area contributed by atoms with Gasteiger partial charge in [0, 0.05) is 14.3 Å². The van der Waals surface area contributed by atoms with Gasteiger partial charge in [0.2, 0.25) is 0 Å². The highest BCUT2D eigenvalue weighted by molar-refractivity contribution is 14.1. The molecule has 0 bridgehead atoms. The summed E-state index contributed by atoms with van der Waals surface area (Å²) < 4.78 is 6.19. The van der Waals surface area contributed by atoms with Crippen LogP contribution in [0, 0.1) is 3.57 Å². The molecule has 0 aliphatic heterocycles. The summed E-state index contributed by atoms with van der Waals surface area (Å²) in [5, 5.41) is 3.46. The van der Waals surface area contributed by atoms with Crippen molar-refractivity contribution < 1.29 is 9.53 Å². The standard InChI is InChI=1S/C14H10Cl2INO2/c1-20-13-11(5-8(15)6-12(13)16)14(19)18-10-4-2-3-9(17)7-10/h2-7H,1H3,(H,18,19). The van der Waals surface area contributed by atoms with Crippen LogP contribution in [0.1, 0.15) is 10.4 Å². The summed E-state index contributed by atoms with van der Waals surface area (Å²) >= 11 is 14.1. The lowest BCUT2D eigenvalue weighted by Crippen LogP contribution is -2.13. The molecule has 0 fully saturated rings. The van der Waals surface area contributed by atoms with E-state index in [9.17, 15) is 4.79 Å². The molecule has 0 spiro atoms. The van der Waals surface area contributed by atoms with Crippen molar-refractivity contribution >= 4 is 57.4 Å². The van der Waals surface area contributed by atoms with E-state index in [2.05, 4.69) is 27.9 Å². The van der Waals surface area contributed by atoms with Gasteiger partial charge in [-0.05, 0) is 52.9 Å². The second-order valence-electron chi connectivity index (χ2n) is 3.93. The smallest absolute Gasteiger partial charge is 0.259 e. The van der Waals surface area contributed by atoms with Crippen LogP contribution in [0.2, 0.25) is 10.0 Å². The molecular weight excluding hydrogens is 412 g/mol. The number of amides is 1. The average Bonchev–Trinajstić information content (AvgIpc) is 2.37. The lowest BCUT2D eigenvalue weighted by Gasteiger charge is -2.11. The normalized spacial score (nSPS) is 10.2. The minimum Gasteiger partial charge on any atom is -0.494 e. The van der Waals surface area contributed by atoms with Gasteiger partial charge in [-0.15, -0.1) is 0 Å². The van der Waals surface area contributed by atoms with Crippen LogP contribution in [0.5, 0.6) is 5.75 Å². The molecular formula is C14H10Cl2INO2. The van der Waals surface area contributed by atoms with Gasteiger partial charge < -0.3 is 10.1 Å². The van der Waals surface area contributed by atoms with E-state index in [1.165, 1.54) is 19.2 Å². The van der Waals surface area contributed by atoms with Crippen LogP contribution in [0.3, 0.4) is 0 Å². The van der Waals surface area contributed by atoms with Crippen molar-refractivity contribution in [1.82, 2.24) is 0 Å². The van der Waals surface area contributed by atoms with Crippen LogP contribution in [0.4, 0.5) is 5.69 Å². The Morgan fingerprint density at radius 3 is 2.65 bits per heavy atom. The SMILES string of the molecule is COc1c(Cl)cc(Cl)cc1C(=O)Nc1cccc(I)c1. The first-order chi connectivity index (χ1) is 9.51. The minimum atomic E-state index is -0.326. The molecule has 0 saturated carbocycles. The fraction of sp³-hybridized carbons (Fsp3) is 0.0714. The van der Waals surface area contributed by atoms with E-state index in [0.717, 1.165) is 3.57 Å². The molecule has 0 unspecified atom stereocenters. The number of anilines is 1. The van der Waals surface area contributed by atoms with Gasteiger partial charge in [0.1, 0.15) is 5.75 Å². The van der Waals surface area contributed by atoms with E-state index in [1.807, 2.05) is 18.2 Å². The van der Waals surface area contributed by atoms with E-state index in [0.29, 0.717) is 27.0 Å². The molecule has 2 aromatic carbocycles. The number of nitrogens with one attached hydrogen (secondary N) is 1. The summed E-state index contributed by atoms with van der Waals surface area (Å²) in [6.45, 7) is 0. The first kappa shape index (κ1) is 15.4. The van der Waals surface area contributed by atoms with Crippen molar-refractivity contribution in [2.24, 2.45) is 0 Å². The Kier molecular flexibility index (Phi) is 5.12. The zero-order chi connectivity index (χ0) is 14.7. The molecule has 0 saturated heterocycles. The zero-order valence-corrected chi connectivity index (χ0v) is 14.1. The molecule has 2 rings (SSSR count).